The molecule has 2 rings (SSSR count). The highest BCUT2D eigenvalue weighted by molar-refractivity contribution is 6.09. The van der Waals surface area contributed by atoms with Gasteiger partial charge in [-0.1, -0.05) is 32.0 Å². The highest BCUT2D eigenvalue weighted by atomic mass is 16.3. The van der Waals surface area contributed by atoms with Gasteiger partial charge in [-0.05, 0) is 29.9 Å². The molecule has 4 nitrogen and oxygen atoms in total. The number of fused-ring (bicyclic) bond motifs is 1. The number of imide groups is 1. The number of aliphatic hydroxyl groups is 1. The minimum atomic E-state index is -0.200. The summed E-state index contributed by atoms with van der Waals surface area (Å²) in [7, 11) is 0. The first-order valence-corrected chi connectivity index (χ1v) is 6.98. The average Bonchev–Trinajstić information content (AvgIpc) is 2.41. The third-order valence-corrected chi connectivity index (χ3v) is 3.73. The standard InChI is InChI=1S/C16H21NO3/c1-16(2,8-5-9-18)11-17-14(19)10-12-6-3-4-7-13(12)15(17)20/h3-4,6-7,18H,5,8-11H2,1-2H3. The van der Waals surface area contributed by atoms with Crippen LogP contribution in [-0.4, -0.2) is 35.0 Å². The molecule has 1 aliphatic rings. The topological polar surface area (TPSA) is 57.6 Å². The van der Waals surface area contributed by atoms with Crippen molar-refractivity contribution in [3.8, 4) is 0 Å². The van der Waals surface area contributed by atoms with Crippen molar-refractivity contribution in [1.82, 2.24) is 4.90 Å². The second kappa shape index (κ2) is 5.75. The lowest BCUT2D eigenvalue weighted by Gasteiger charge is -2.34. The number of hydrogen-bond acceptors (Lipinski definition) is 3. The van der Waals surface area contributed by atoms with Gasteiger partial charge >= 0.3 is 0 Å². The first kappa shape index (κ1) is 14.7. The van der Waals surface area contributed by atoms with Crippen LogP contribution in [0.25, 0.3) is 0 Å². The number of nitrogens with zero attached hydrogens (tertiary/aromatic N) is 1. The minimum absolute atomic E-state index is 0.133. The molecule has 0 bridgehead atoms. The van der Waals surface area contributed by atoms with Crippen LogP contribution < -0.4 is 0 Å². The van der Waals surface area contributed by atoms with E-state index in [1.54, 1.807) is 6.07 Å². The van der Waals surface area contributed by atoms with Gasteiger partial charge in [0.25, 0.3) is 5.91 Å². The fraction of sp³-hybridized carbons (Fsp3) is 0.500. The van der Waals surface area contributed by atoms with Crippen LogP contribution in [0.5, 0.6) is 0 Å². The molecule has 0 aromatic heterocycles. The second-order valence-electron chi connectivity index (χ2n) is 6.11. The van der Waals surface area contributed by atoms with E-state index < -0.39 is 0 Å². The van der Waals surface area contributed by atoms with E-state index in [0.29, 0.717) is 18.5 Å². The van der Waals surface area contributed by atoms with Crippen molar-refractivity contribution in [2.45, 2.75) is 33.1 Å². The van der Waals surface area contributed by atoms with Crippen LogP contribution in [0.2, 0.25) is 0 Å². The lowest BCUT2D eigenvalue weighted by molar-refractivity contribution is -0.129. The molecular formula is C16H21NO3. The van der Waals surface area contributed by atoms with E-state index >= 15 is 0 Å². The number of aliphatic hydroxyl groups excluding tert-OH is 1. The molecule has 0 radical (unpaired) electrons. The van der Waals surface area contributed by atoms with Crippen LogP contribution in [-0.2, 0) is 11.2 Å². The fourth-order valence-corrected chi connectivity index (χ4v) is 2.62. The van der Waals surface area contributed by atoms with Gasteiger partial charge in [-0.2, -0.15) is 0 Å². The normalized spacial score (nSPS) is 15.4. The van der Waals surface area contributed by atoms with Crippen molar-refractivity contribution in [3.63, 3.8) is 0 Å². The molecule has 1 heterocycles. The SMILES string of the molecule is CC(C)(CCCO)CN1C(=O)Cc2ccccc2C1=O. The zero-order valence-electron chi connectivity index (χ0n) is 12.1. The molecule has 108 valence electrons. The van der Waals surface area contributed by atoms with Gasteiger partial charge in [-0.3, -0.25) is 14.5 Å². The molecule has 0 aliphatic carbocycles. The Kier molecular flexibility index (Phi) is 4.23. The molecule has 2 amide bonds. The van der Waals surface area contributed by atoms with E-state index in [9.17, 15) is 9.59 Å². The lowest BCUT2D eigenvalue weighted by Crippen LogP contribution is -2.46. The quantitative estimate of drug-likeness (QED) is 0.836. The minimum Gasteiger partial charge on any atom is -0.396 e. The van der Waals surface area contributed by atoms with E-state index in [2.05, 4.69) is 0 Å². The van der Waals surface area contributed by atoms with E-state index in [1.807, 2.05) is 32.0 Å². The molecule has 1 N–H and O–H groups in total. The van der Waals surface area contributed by atoms with Crippen molar-refractivity contribution in [3.05, 3.63) is 35.4 Å². The number of hydrogen-bond donors (Lipinski definition) is 1. The van der Waals surface area contributed by atoms with Crippen LogP contribution >= 0.6 is 0 Å². The van der Waals surface area contributed by atoms with Gasteiger partial charge in [0, 0.05) is 18.7 Å². The van der Waals surface area contributed by atoms with Crippen LogP contribution in [0.15, 0.2) is 24.3 Å². The maximum atomic E-state index is 12.4. The molecule has 0 spiro atoms. The van der Waals surface area contributed by atoms with Crippen LogP contribution in [0, 0.1) is 5.41 Å². The first-order chi connectivity index (χ1) is 9.44. The summed E-state index contributed by atoms with van der Waals surface area (Å²) < 4.78 is 0. The van der Waals surface area contributed by atoms with Gasteiger partial charge in [0.1, 0.15) is 0 Å². The Bertz CT molecular complexity index is 522. The molecule has 0 fully saturated rings. The van der Waals surface area contributed by atoms with Crippen LogP contribution in [0.1, 0.15) is 42.6 Å². The summed E-state index contributed by atoms with van der Waals surface area (Å²) in [5, 5.41) is 8.92. The third kappa shape index (κ3) is 3.07. The summed E-state index contributed by atoms with van der Waals surface area (Å²) in [5.41, 5.74) is 1.26. The van der Waals surface area contributed by atoms with Crippen molar-refractivity contribution in [2.24, 2.45) is 5.41 Å². The Morgan fingerprint density at radius 2 is 1.95 bits per heavy atom. The smallest absolute Gasteiger partial charge is 0.260 e. The van der Waals surface area contributed by atoms with E-state index in [0.717, 1.165) is 12.0 Å². The Labute approximate surface area is 119 Å². The van der Waals surface area contributed by atoms with Crippen molar-refractivity contribution < 1.29 is 14.7 Å². The highest BCUT2D eigenvalue weighted by Crippen LogP contribution is 2.27. The Morgan fingerprint density at radius 1 is 1.25 bits per heavy atom. The lowest BCUT2D eigenvalue weighted by atomic mass is 9.86. The maximum Gasteiger partial charge on any atom is 0.260 e. The summed E-state index contributed by atoms with van der Waals surface area (Å²) in [6.45, 7) is 4.57. The van der Waals surface area contributed by atoms with E-state index in [-0.39, 0.29) is 30.3 Å². The summed E-state index contributed by atoms with van der Waals surface area (Å²) in [6, 6.07) is 7.28. The highest BCUT2D eigenvalue weighted by Gasteiger charge is 2.34. The monoisotopic (exact) mass is 275 g/mol. The second-order valence-corrected chi connectivity index (χ2v) is 6.11. The Balaban J connectivity index is 2.17. The molecule has 0 saturated carbocycles. The zero-order valence-corrected chi connectivity index (χ0v) is 12.1. The third-order valence-electron chi connectivity index (χ3n) is 3.73. The fourth-order valence-electron chi connectivity index (χ4n) is 2.62. The molecule has 20 heavy (non-hydrogen) atoms. The molecule has 1 aromatic carbocycles. The predicted octanol–water partition coefficient (Wildman–Crippen LogP) is 2.01. The molecule has 4 heteroatoms. The van der Waals surface area contributed by atoms with Crippen molar-refractivity contribution in [1.29, 1.82) is 0 Å². The van der Waals surface area contributed by atoms with E-state index in [1.165, 1.54) is 4.90 Å². The molecule has 1 aliphatic heterocycles. The summed E-state index contributed by atoms with van der Waals surface area (Å²) in [6.07, 6.45) is 1.75. The largest absolute Gasteiger partial charge is 0.396 e. The number of amides is 2. The van der Waals surface area contributed by atoms with Gasteiger partial charge in [0.15, 0.2) is 0 Å². The average molecular weight is 275 g/mol. The maximum absolute atomic E-state index is 12.4. The van der Waals surface area contributed by atoms with Crippen molar-refractivity contribution >= 4 is 11.8 Å². The van der Waals surface area contributed by atoms with Gasteiger partial charge in [-0.15, -0.1) is 0 Å². The molecule has 0 atom stereocenters. The number of carbonyl (C=O) groups excluding carboxylic acids is 2. The van der Waals surface area contributed by atoms with Crippen LogP contribution in [0.4, 0.5) is 0 Å². The zero-order chi connectivity index (χ0) is 14.8. The molecular weight excluding hydrogens is 254 g/mol. The summed E-state index contributed by atoms with van der Waals surface area (Å²) in [4.78, 5) is 26.0. The summed E-state index contributed by atoms with van der Waals surface area (Å²) >= 11 is 0. The predicted molar refractivity (Wildman–Crippen MR) is 76.3 cm³/mol. The molecule has 0 unspecified atom stereocenters. The summed E-state index contributed by atoms with van der Waals surface area (Å²) in [5.74, 6) is -0.334. The van der Waals surface area contributed by atoms with Gasteiger partial charge in [0.05, 0.1) is 6.42 Å². The molecule has 0 saturated heterocycles. The Hall–Kier alpha value is -1.68. The number of carbonyl (C=O) groups is 2. The van der Waals surface area contributed by atoms with Crippen molar-refractivity contribution in [2.75, 3.05) is 13.2 Å². The number of benzene rings is 1. The molecule has 1 aromatic rings. The first-order valence-electron chi connectivity index (χ1n) is 6.98. The number of rotatable bonds is 5. The van der Waals surface area contributed by atoms with Gasteiger partial charge in [0.2, 0.25) is 5.91 Å². The van der Waals surface area contributed by atoms with Gasteiger partial charge < -0.3 is 5.11 Å². The van der Waals surface area contributed by atoms with E-state index in [4.69, 9.17) is 5.11 Å². The van der Waals surface area contributed by atoms with Crippen LogP contribution in [0.3, 0.4) is 0 Å². The Morgan fingerprint density at radius 3 is 2.65 bits per heavy atom. The van der Waals surface area contributed by atoms with Gasteiger partial charge in [-0.25, -0.2) is 0 Å².